The van der Waals surface area contributed by atoms with Gasteiger partial charge in [0.05, 0.1) is 17.2 Å². The van der Waals surface area contributed by atoms with E-state index in [1.54, 1.807) is 13.0 Å². The Morgan fingerprint density at radius 2 is 1.64 bits per heavy atom. The Morgan fingerprint density at radius 3 is 2.23 bits per heavy atom. The average Bonchev–Trinajstić information content (AvgIpc) is 3.30. The monoisotopic (exact) mass is 541 g/mol. The van der Waals surface area contributed by atoms with Gasteiger partial charge in [0.25, 0.3) is 0 Å². The summed E-state index contributed by atoms with van der Waals surface area (Å²) in [6.07, 6.45) is 3.25. The van der Waals surface area contributed by atoms with Crippen LogP contribution < -0.4 is 5.32 Å². The maximum Gasteiger partial charge on any atom is 0.330 e. The zero-order valence-electron chi connectivity index (χ0n) is 23.1. The van der Waals surface area contributed by atoms with Crippen molar-refractivity contribution in [3.8, 4) is 22.4 Å². The van der Waals surface area contributed by atoms with Crippen molar-refractivity contribution in [3.63, 3.8) is 0 Å². The van der Waals surface area contributed by atoms with Gasteiger partial charge in [-0.15, -0.1) is 21.5 Å². The van der Waals surface area contributed by atoms with Crippen LogP contribution in [0.1, 0.15) is 39.5 Å². The summed E-state index contributed by atoms with van der Waals surface area (Å²) < 4.78 is 5.15. The lowest BCUT2D eigenvalue weighted by atomic mass is 9.96. The first kappa shape index (κ1) is 28.0. The van der Waals surface area contributed by atoms with E-state index in [9.17, 15) is 4.79 Å². The zero-order valence-corrected chi connectivity index (χ0v) is 24.0. The van der Waals surface area contributed by atoms with Crippen LogP contribution in [-0.2, 0) is 9.53 Å². The molecule has 4 aromatic rings. The molecule has 0 atom stereocenters. The van der Waals surface area contributed by atoms with Crippen LogP contribution in [0.5, 0.6) is 0 Å². The molecule has 0 aliphatic rings. The van der Waals surface area contributed by atoms with E-state index in [4.69, 9.17) is 14.8 Å². The van der Waals surface area contributed by atoms with E-state index < -0.39 is 0 Å². The topological polar surface area (TPSA) is 79.7 Å². The summed E-state index contributed by atoms with van der Waals surface area (Å²) in [6.45, 7) is 12.1. The second-order valence-electron chi connectivity index (χ2n) is 9.11. The average molecular weight is 542 g/mol. The summed E-state index contributed by atoms with van der Waals surface area (Å²) in [6, 6.07) is 20.4. The molecule has 0 saturated heterocycles. The van der Waals surface area contributed by atoms with Gasteiger partial charge in [0.2, 0.25) is 0 Å². The highest BCUT2D eigenvalue weighted by Gasteiger charge is 2.23. The quantitative estimate of drug-likeness (QED) is 0.105. The second-order valence-corrected chi connectivity index (χ2v) is 10.1. The molecule has 0 fully saturated rings. The smallest absolute Gasteiger partial charge is 0.330 e. The molecular weight excluding hydrogens is 506 g/mol. The number of benzene rings is 2. The number of nitrogens with one attached hydrogen (secondary N) is 1. The number of thiophene rings is 1. The number of ether oxygens (including phenoxy) is 1. The molecule has 8 heteroatoms. The minimum absolute atomic E-state index is 0.0878. The minimum atomic E-state index is -0.389. The Labute approximate surface area is 234 Å². The van der Waals surface area contributed by atoms with Crippen LogP contribution >= 0.6 is 11.3 Å². The molecule has 0 saturated carbocycles. The Balaban J connectivity index is 2.04. The number of guanidine groups is 1. The normalized spacial score (nSPS) is 11.9. The molecule has 0 amide bonds. The van der Waals surface area contributed by atoms with Crippen LogP contribution in [0.15, 0.2) is 71.7 Å². The van der Waals surface area contributed by atoms with Crippen LogP contribution in [0.4, 0.5) is 5.69 Å². The van der Waals surface area contributed by atoms with E-state index >= 15 is 0 Å². The predicted molar refractivity (Wildman–Crippen MR) is 163 cm³/mol. The van der Waals surface area contributed by atoms with Gasteiger partial charge in [-0.05, 0) is 46.3 Å². The van der Waals surface area contributed by atoms with Gasteiger partial charge >= 0.3 is 5.97 Å². The lowest BCUT2D eigenvalue weighted by molar-refractivity contribution is -0.137. The van der Waals surface area contributed by atoms with E-state index in [2.05, 4.69) is 55.1 Å². The molecule has 202 valence electrons. The van der Waals surface area contributed by atoms with E-state index in [0.717, 1.165) is 62.2 Å². The summed E-state index contributed by atoms with van der Waals surface area (Å²) in [5, 5.41) is 14.0. The van der Waals surface area contributed by atoms with Crippen molar-refractivity contribution in [3.05, 3.63) is 71.6 Å². The molecule has 0 spiro atoms. The minimum Gasteiger partial charge on any atom is -0.463 e. The molecule has 1 N–H and O–H groups in total. The number of hydrogen-bond acceptors (Lipinski definition) is 6. The van der Waals surface area contributed by atoms with Crippen LogP contribution in [0.25, 0.3) is 38.7 Å². The fourth-order valence-electron chi connectivity index (χ4n) is 4.33. The van der Waals surface area contributed by atoms with Gasteiger partial charge in [0.15, 0.2) is 5.96 Å². The number of rotatable bonds is 9. The Morgan fingerprint density at radius 1 is 1.00 bits per heavy atom. The number of esters is 1. The molecule has 39 heavy (non-hydrogen) atoms. The van der Waals surface area contributed by atoms with Crippen molar-refractivity contribution in [1.82, 2.24) is 15.1 Å². The van der Waals surface area contributed by atoms with Crippen molar-refractivity contribution in [2.24, 2.45) is 4.99 Å². The highest BCUT2D eigenvalue weighted by molar-refractivity contribution is 7.20. The van der Waals surface area contributed by atoms with E-state index in [1.807, 2.05) is 48.5 Å². The summed E-state index contributed by atoms with van der Waals surface area (Å²) in [5.41, 5.74) is 4.62. The fourth-order valence-corrected chi connectivity index (χ4v) is 5.32. The first-order chi connectivity index (χ1) is 19.0. The number of carbonyl (C=O) groups is 1. The van der Waals surface area contributed by atoms with E-state index in [1.165, 1.54) is 17.4 Å². The molecule has 0 bridgehead atoms. The van der Waals surface area contributed by atoms with Gasteiger partial charge in [-0.25, -0.2) is 4.79 Å². The summed E-state index contributed by atoms with van der Waals surface area (Å²) >= 11 is 1.48. The van der Waals surface area contributed by atoms with Crippen molar-refractivity contribution in [2.75, 3.05) is 25.0 Å². The van der Waals surface area contributed by atoms with E-state index in [-0.39, 0.29) is 12.0 Å². The number of hydrogen-bond donors (Lipinski definition) is 1. The number of aromatic nitrogens is 2. The highest BCUT2D eigenvalue weighted by atomic mass is 32.1. The van der Waals surface area contributed by atoms with Crippen LogP contribution in [0.3, 0.4) is 0 Å². The molecule has 2 aromatic carbocycles. The first-order valence-electron chi connectivity index (χ1n) is 13.3. The predicted octanol–water partition coefficient (Wildman–Crippen LogP) is 7.12. The van der Waals surface area contributed by atoms with Gasteiger partial charge < -0.3 is 15.0 Å². The van der Waals surface area contributed by atoms with Crippen LogP contribution in [0, 0.1) is 0 Å². The van der Waals surface area contributed by atoms with Crippen molar-refractivity contribution in [1.29, 1.82) is 0 Å². The van der Waals surface area contributed by atoms with E-state index in [0.29, 0.717) is 6.61 Å². The SMILES string of the molecule is CCOC(=O)/C=C/c1sc2nnc(-c3ccccc3)c(-c3ccccc3)c2c1NC(=NC(C)C)N(CC)CC. The molecule has 0 aliphatic carbocycles. The molecular formula is C31H35N5O2S. The fraction of sp³-hybridized carbons (Fsp3) is 0.290. The largest absolute Gasteiger partial charge is 0.463 e. The Hall–Kier alpha value is -4.04. The summed E-state index contributed by atoms with van der Waals surface area (Å²) in [7, 11) is 0. The lowest BCUT2D eigenvalue weighted by Gasteiger charge is -2.25. The van der Waals surface area contributed by atoms with Gasteiger partial charge in [0, 0.05) is 41.7 Å². The molecule has 4 rings (SSSR count). The van der Waals surface area contributed by atoms with Crippen molar-refractivity contribution >= 4 is 45.2 Å². The third-order valence-corrected chi connectivity index (χ3v) is 7.13. The maximum atomic E-state index is 12.3. The molecule has 7 nitrogen and oxygen atoms in total. The third kappa shape index (κ3) is 6.52. The number of carbonyl (C=O) groups excluding carboxylic acids is 1. The summed E-state index contributed by atoms with van der Waals surface area (Å²) in [4.78, 5) is 21.0. The standard InChI is InChI=1S/C31H35N5O2S/c1-6-36(7-2)31(32-21(4)5)33-29-24(19-20-25(37)38-8-3)39-30-27(29)26(22-15-11-9-12-16-22)28(34-35-30)23-17-13-10-14-18-23/h9-21H,6-8H2,1-5H3,(H,32,33)/b20-19+. The van der Waals surface area contributed by atoms with Crippen LogP contribution in [-0.4, -0.2) is 52.8 Å². The maximum absolute atomic E-state index is 12.3. The highest BCUT2D eigenvalue weighted by Crippen LogP contribution is 2.45. The third-order valence-electron chi connectivity index (χ3n) is 6.09. The first-order valence-corrected chi connectivity index (χ1v) is 14.2. The van der Waals surface area contributed by atoms with Crippen LogP contribution in [0.2, 0.25) is 0 Å². The Kier molecular flexibility index (Phi) is 9.44. The van der Waals surface area contributed by atoms with Crippen molar-refractivity contribution < 1.29 is 9.53 Å². The van der Waals surface area contributed by atoms with Crippen molar-refractivity contribution in [2.45, 2.75) is 40.7 Å². The molecule has 0 aliphatic heterocycles. The van der Waals surface area contributed by atoms with Gasteiger partial charge in [0.1, 0.15) is 10.5 Å². The van der Waals surface area contributed by atoms with Gasteiger partial charge in [-0.2, -0.15) is 0 Å². The van der Waals surface area contributed by atoms with Gasteiger partial charge in [-0.3, -0.25) is 4.99 Å². The Bertz CT molecular complexity index is 1460. The number of nitrogens with zero attached hydrogens (tertiary/aromatic N) is 4. The number of anilines is 1. The molecule has 2 heterocycles. The molecule has 2 aromatic heterocycles. The zero-order chi connectivity index (χ0) is 27.8. The summed E-state index contributed by atoms with van der Waals surface area (Å²) in [5.74, 6) is 0.387. The van der Waals surface area contributed by atoms with Gasteiger partial charge in [-0.1, -0.05) is 60.7 Å². The molecule has 0 unspecified atom stereocenters. The lowest BCUT2D eigenvalue weighted by Crippen LogP contribution is -2.37. The number of aliphatic imine (C=N–C) groups is 1. The second kappa shape index (κ2) is 13.2. The molecule has 0 radical (unpaired) electrons. The number of fused-ring (bicyclic) bond motifs is 1.